The second-order valence-corrected chi connectivity index (χ2v) is 5.96. The first-order valence-electron chi connectivity index (χ1n) is 7.73. The number of rotatable bonds is 5. The molecule has 7 nitrogen and oxygen atoms in total. The predicted molar refractivity (Wildman–Crippen MR) is 85.6 cm³/mol. The van der Waals surface area contributed by atoms with E-state index in [9.17, 15) is 0 Å². The molecule has 0 aliphatic heterocycles. The van der Waals surface area contributed by atoms with E-state index in [4.69, 9.17) is 4.74 Å². The lowest BCUT2D eigenvalue weighted by Gasteiger charge is -2.42. The highest BCUT2D eigenvalue weighted by atomic mass is 16.5. The molecule has 118 valence electrons. The van der Waals surface area contributed by atoms with E-state index in [-0.39, 0.29) is 5.41 Å². The van der Waals surface area contributed by atoms with Gasteiger partial charge in [0, 0.05) is 12.0 Å². The van der Waals surface area contributed by atoms with E-state index < -0.39 is 0 Å². The van der Waals surface area contributed by atoms with E-state index in [1.807, 2.05) is 24.3 Å². The Morgan fingerprint density at radius 3 is 2.70 bits per heavy atom. The van der Waals surface area contributed by atoms with Crippen LogP contribution in [-0.4, -0.2) is 38.9 Å². The Bertz CT molecular complexity index is 809. The number of anilines is 1. The van der Waals surface area contributed by atoms with Crippen molar-refractivity contribution in [2.24, 2.45) is 0 Å². The number of methoxy groups -OCH3 is 1. The van der Waals surface area contributed by atoms with Crippen LogP contribution in [0.4, 0.5) is 5.82 Å². The van der Waals surface area contributed by atoms with Crippen molar-refractivity contribution in [1.29, 1.82) is 0 Å². The van der Waals surface area contributed by atoms with E-state index in [2.05, 4.69) is 38.1 Å². The number of hydrogen-bond donors (Lipinski definition) is 1. The summed E-state index contributed by atoms with van der Waals surface area (Å²) in [6, 6.07) is 12.2. The van der Waals surface area contributed by atoms with Gasteiger partial charge in [-0.25, -0.2) is 0 Å². The van der Waals surface area contributed by atoms with Crippen LogP contribution in [0, 0.1) is 0 Å². The number of hydrogen-bond acceptors (Lipinski definition) is 6. The second-order valence-electron chi connectivity index (χ2n) is 5.96. The van der Waals surface area contributed by atoms with Crippen LogP contribution in [0.3, 0.4) is 0 Å². The molecule has 2 heterocycles. The van der Waals surface area contributed by atoms with Crippen LogP contribution in [0.25, 0.3) is 5.65 Å². The highest BCUT2D eigenvalue weighted by Gasteiger charge is 2.38. The summed E-state index contributed by atoms with van der Waals surface area (Å²) in [6.07, 6.45) is 3.62. The van der Waals surface area contributed by atoms with Crippen molar-refractivity contribution in [3.05, 3.63) is 42.0 Å². The average Bonchev–Trinajstić information content (AvgIpc) is 3.02. The molecule has 1 aliphatic carbocycles. The zero-order valence-electron chi connectivity index (χ0n) is 12.9. The van der Waals surface area contributed by atoms with Crippen molar-refractivity contribution < 1.29 is 4.74 Å². The van der Waals surface area contributed by atoms with Crippen LogP contribution < -0.4 is 10.1 Å². The molecule has 1 fully saturated rings. The summed E-state index contributed by atoms with van der Waals surface area (Å²) in [4.78, 5) is 0. The van der Waals surface area contributed by atoms with Crippen LogP contribution in [0.15, 0.2) is 36.4 Å². The Kier molecular flexibility index (Phi) is 3.33. The molecule has 23 heavy (non-hydrogen) atoms. The third kappa shape index (κ3) is 2.48. The largest absolute Gasteiger partial charge is 0.497 e. The minimum atomic E-state index is 0.170. The fraction of sp³-hybridized carbons (Fsp3) is 0.375. The van der Waals surface area contributed by atoms with Crippen molar-refractivity contribution >= 4 is 11.5 Å². The molecule has 1 saturated carbocycles. The second kappa shape index (κ2) is 5.49. The molecular weight excluding hydrogens is 292 g/mol. The molecule has 0 bridgehead atoms. The van der Waals surface area contributed by atoms with Crippen LogP contribution >= 0.6 is 0 Å². The highest BCUT2D eigenvalue weighted by Crippen LogP contribution is 2.44. The number of nitrogens with zero attached hydrogens (tertiary/aromatic N) is 5. The zero-order valence-corrected chi connectivity index (χ0v) is 12.9. The van der Waals surface area contributed by atoms with Gasteiger partial charge in [0.25, 0.3) is 0 Å². The summed E-state index contributed by atoms with van der Waals surface area (Å²) in [5.74, 6) is 1.67. The molecule has 4 rings (SSSR count). The van der Waals surface area contributed by atoms with Gasteiger partial charge in [0.1, 0.15) is 11.6 Å². The Labute approximate surface area is 133 Å². The zero-order chi connectivity index (χ0) is 15.7. The number of benzene rings is 1. The standard InChI is InChI=1S/C16H18N6O/c1-23-13-5-3-12(4-6-13)16(9-2-10-16)11-17-14-7-8-15-18-20-21-22(15)19-14/h3-8H,2,9-11H2,1H3,(H,17,19). The van der Waals surface area contributed by atoms with E-state index in [1.54, 1.807) is 7.11 Å². The summed E-state index contributed by atoms with van der Waals surface area (Å²) < 4.78 is 6.68. The lowest BCUT2D eigenvalue weighted by molar-refractivity contribution is 0.260. The smallest absolute Gasteiger partial charge is 0.200 e. The van der Waals surface area contributed by atoms with Crippen molar-refractivity contribution in [3.8, 4) is 5.75 Å². The van der Waals surface area contributed by atoms with Crippen molar-refractivity contribution in [1.82, 2.24) is 25.3 Å². The quantitative estimate of drug-likeness (QED) is 0.777. The molecule has 0 saturated heterocycles. The maximum atomic E-state index is 5.25. The van der Waals surface area contributed by atoms with Crippen LogP contribution in [0.1, 0.15) is 24.8 Å². The summed E-state index contributed by atoms with van der Waals surface area (Å²) >= 11 is 0. The summed E-state index contributed by atoms with van der Waals surface area (Å²) in [6.45, 7) is 0.847. The van der Waals surface area contributed by atoms with Gasteiger partial charge in [0.05, 0.1) is 7.11 Å². The van der Waals surface area contributed by atoms with Gasteiger partial charge in [-0.15, -0.1) is 14.8 Å². The van der Waals surface area contributed by atoms with E-state index in [1.165, 1.54) is 29.5 Å². The lowest BCUT2D eigenvalue weighted by atomic mass is 9.64. The Morgan fingerprint density at radius 1 is 1.17 bits per heavy atom. The number of nitrogens with one attached hydrogen (secondary N) is 1. The minimum Gasteiger partial charge on any atom is -0.497 e. The van der Waals surface area contributed by atoms with E-state index in [0.29, 0.717) is 5.65 Å². The SMILES string of the molecule is COc1ccc(C2(CNc3ccc4nnnn4n3)CCC2)cc1. The first-order valence-corrected chi connectivity index (χ1v) is 7.73. The Morgan fingerprint density at radius 2 is 2.00 bits per heavy atom. The summed E-state index contributed by atoms with van der Waals surface area (Å²) in [5, 5.41) is 19.1. The Balaban J connectivity index is 1.52. The number of aromatic nitrogens is 5. The van der Waals surface area contributed by atoms with Crippen molar-refractivity contribution in [3.63, 3.8) is 0 Å². The molecule has 0 unspecified atom stereocenters. The fourth-order valence-corrected chi connectivity index (χ4v) is 3.12. The van der Waals surface area contributed by atoms with Gasteiger partial charge in [-0.05, 0) is 53.1 Å². The molecule has 1 aliphatic rings. The van der Waals surface area contributed by atoms with Crippen LogP contribution in [0.2, 0.25) is 0 Å². The first-order chi connectivity index (χ1) is 11.3. The summed E-state index contributed by atoms with van der Waals surface area (Å²) in [5.41, 5.74) is 2.16. The summed E-state index contributed by atoms with van der Waals surface area (Å²) in [7, 11) is 1.69. The maximum absolute atomic E-state index is 5.25. The average molecular weight is 310 g/mol. The maximum Gasteiger partial charge on any atom is 0.200 e. The van der Waals surface area contributed by atoms with Gasteiger partial charge in [0.15, 0.2) is 5.65 Å². The van der Waals surface area contributed by atoms with Gasteiger partial charge < -0.3 is 10.1 Å². The van der Waals surface area contributed by atoms with Crippen molar-refractivity contribution in [2.45, 2.75) is 24.7 Å². The molecule has 0 spiro atoms. The Hall–Kier alpha value is -2.70. The lowest BCUT2D eigenvalue weighted by Crippen LogP contribution is -2.41. The molecule has 0 amide bonds. The number of fused-ring (bicyclic) bond motifs is 1. The predicted octanol–water partition coefficient (Wildman–Crippen LogP) is 2.06. The molecule has 0 radical (unpaired) electrons. The van der Waals surface area contributed by atoms with Crippen LogP contribution in [-0.2, 0) is 5.41 Å². The molecule has 0 atom stereocenters. The van der Waals surface area contributed by atoms with Gasteiger partial charge >= 0.3 is 0 Å². The van der Waals surface area contributed by atoms with Gasteiger partial charge in [-0.2, -0.15) is 0 Å². The monoisotopic (exact) mass is 310 g/mol. The molecular formula is C16H18N6O. The van der Waals surface area contributed by atoms with Crippen LogP contribution in [0.5, 0.6) is 5.75 Å². The molecule has 2 aromatic heterocycles. The molecule has 1 N–H and O–H groups in total. The normalized spacial score (nSPS) is 16.0. The molecule has 1 aromatic carbocycles. The molecule has 3 aromatic rings. The third-order valence-electron chi connectivity index (χ3n) is 4.69. The topological polar surface area (TPSA) is 77.2 Å². The van der Waals surface area contributed by atoms with Gasteiger partial charge in [-0.3, -0.25) is 0 Å². The fourth-order valence-electron chi connectivity index (χ4n) is 3.12. The molecule has 7 heteroatoms. The van der Waals surface area contributed by atoms with Gasteiger partial charge in [0.2, 0.25) is 0 Å². The van der Waals surface area contributed by atoms with E-state index >= 15 is 0 Å². The third-order valence-corrected chi connectivity index (χ3v) is 4.69. The minimum absolute atomic E-state index is 0.170. The van der Waals surface area contributed by atoms with E-state index in [0.717, 1.165) is 18.1 Å². The number of ether oxygens (including phenoxy) is 1. The van der Waals surface area contributed by atoms with Gasteiger partial charge in [-0.1, -0.05) is 18.6 Å². The first kappa shape index (κ1) is 13.9. The van der Waals surface area contributed by atoms with Crippen molar-refractivity contribution in [2.75, 3.05) is 19.0 Å². The number of tetrazole rings is 1. The highest BCUT2D eigenvalue weighted by molar-refractivity contribution is 5.43.